The van der Waals surface area contributed by atoms with Gasteiger partial charge in [0.05, 0.1) is 5.41 Å². The maximum atomic E-state index is 12.5. The van der Waals surface area contributed by atoms with E-state index in [4.69, 9.17) is 11.6 Å². The Morgan fingerprint density at radius 3 is 2.81 bits per heavy atom. The average Bonchev–Trinajstić information content (AvgIpc) is 3.28. The van der Waals surface area contributed by atoms with Crippen molar-refractivity contribution >= 4 is 29.9 Å². The molecular weight excluding hydrogens is 307 g/mol. The minimum absolute atomic E-state index is 0. The van der Waals surface area contributed by atoms with Crippen LogP contribution in [0.15, 0.2) is 35.9 Å². The van der Waals surface area contributed by atoms with Gasteiger partial charge in [-0.1, -0.05) is 35.4 Å². The zero-order valence-corrected chi connectivity index (χ0v) is 13.4. The standard InChI is InChI=1S/C16H19ClN2O.ClH/c17-14-3-1-2-13(10-14)16(6-7-16)15(20)19-11-12-4-8-18-9-5-12;/h1-4,10,18H,5-9,11H2,(H,19,20);1H. The third-order valence-corrected chi connectivity index (χ3v) is 4.43. The summed E-state index contributed by atoms with van der Waals surface area (Å²) in [5.74, 6) is 0.138. The molecule has 1 aromatic rings. The van der Waals surface area contributed by atoms with Gasteiger partial charge in [-0.3, -0.25) is 4.79 Å². The lowest BCUT2D eigenvalue weighted by Gasteiger charge is -2.19. The summed E-state index contributed by atoms with van der Waals surface area (Å²) in [6.07, 6.45) is 5.02. The zero-order chi connectivity index (χ0) is 14.0. The number of carbonyl (C=O) groups is 1. The van der Waals surface area contributed by atoms with Crippen LogP contribution in [0.3, 0.4) is 0 Å². The molecule has 1 aliphatic heterocycles. The van der Waals surface area contributed by atoms with E-state index < -0.39 is 0 Å². The molecule has 21 heavy (non-hydrogen) atoms. The van der Waals surface area contributed by atoms with Crippen LogP contribution in [0.25, 0.3) is 0 Å². The highest BCUT2D eigenvalue weighted by molar-refractivity contribution is 6.30. The molecule has 0 bridgehead atoms. The van der Waals surface area contributed by atoms with E-state index in [2.05, 4.69) is 16.7 Å². The molecule has 1 aliphatic carbocycles. The van der Waals surface area contributed by atoms with Crippen LogP contribution in [0, 0.1) is 0 Å². The number of amides is 1. The maximum Gasteiger partial charge on any atom is 0.230 e. The summed E-state index contributed by atoms with van der Waals surface area (Å²) in [6.45, 7) is 2.58. The van der Waals surface area contributed by atoms with E-state index in [1.54, 1.807) is 0 Å². The highest BCUT2D eigenvalue weighted by Crippen LogP contribution is 2.48. The first-order valence-corrected chi connectivity index (χ1v) is 7.51. The number of hydrogen-bond acceptors (Lipinski definition) is 2. The van der Waals surface area contributed by atoms with Crippen LogP contribution >= 0.6 is 24.0 Å². The Labute approximate surface area is 136 Å². The van der Waals surface area contributed by atoms with Gasteiger partial charge in [-0.05, 0) is 43.5 Å². The fourth-order valence-electron chi connectivity index (χ4n) is 2.75. The van der Waals surface area contributed by atoms with Crippen LogP contribution in [0.1, 0.15) is 24.8 Å². The molecule has 1 saturated carbocycles. The Hall–Kier alpha value is -1.03. The minimum Gasteiger partial charge on any atom is -0.352 e. The van der Waals surface area contributed by atoms with Crippen LogP contribution in [0.2, 0.25) is 5.02 Å². The lowest BCUT2D eigenvalue weighted by Crippen LogP contribution is -2.37. The van der Waals surface area contributed by atoms with Gasteiger partial charge >= 0.3 is 0 Å². The van der Waals surface area contributed by atoms with E-state index in [1.807, 2.05) is 24.3 Å². The molecule has 114 valence electrons. The summed E-state index contributed by atoms with van der Waals surface area (Å²) in [6, 6.07) is 7.68. The molecule has 0 radical (unpaired) electrons. The van der Waals surface area contributed by atoms with Gasteiger partial charge in [-0.15, -0.1) is 12.4 Å². The molecule has 3 rings (SSSR count). The number of carbonyl (C=O) groups excluding carboxylic acids is 1. The number of rotatable bonds is 4. The Morgan fingerprint density at radius 1 is 1.38 bits per heavy atom. The monoisotopic (exact) mass is 326 g/mol. The van der Waals surface area contributed by atoms with Gasteiger partial charge in [0.25, 0.3) is 0 Å². The molecule has 0 saturated heterocycles. The second-order valence-corrected chi connectivity index (χ2v) is 6.03. The van der Waals surface area contributed by atoms with Gasteiger partial charge in [0, 0.05) is 18.1 Å². The molecule has 1 amide bonds. The summed E-state index contributed by atoms with van der Waals surface area (Å²) in [5, 5.41) is 7.07. The van der Waals surface area contributed by atoms with Crippen LogP contribution in [0.4, 0.5) is 0 Å². The molecule has 2 N–H and O–H groups in total. The predicted octanol–water partition coefficient (Wildman–Crippen LogP) is 2.83. The smallest absolute Gasteiger partial charge is 0.230 e. The van der Waals surface area contributed by atoms with Crippen molar-refractivity contribution in [3.05, 3.63) is 46.5 Å². The average molecular weight is 327 g/mol. The molecule has 1 aromatic carbocycles. The van der Waals surface area contributed by atoms with E-state index in [9.17, 15) is 4.79 Å². The number of benzene rings is 1. The number of hydrogen-bond donors (Lipinski definition) is 2. The molecule has 3 nitrogen and oxygen atoms in total. The summed E-state index contributed by atoms with van der Waals surface area (Å²) < 4.78 is 0. The fraction of sp³-hybridized carbons (Fsp3) is 0.438. The molecule has 1 heterocycles. The molecule has 1 fully saturated rings. The molecule has 0 aromatic heterocycles. The van der Waals surface area contributed by atoms with Crippen molar-refractivity contribution in [3.63, 3.8) is 0 Å². The quantitative estimate of drug-likeness (QED) is 0.835. The first-order chi connectivity index (χ1) is 9.71. The largest absolute Gasteiger partial charge is 0.352 e. The van der Waals surface area contributed by atoms with Gasteiger partial charge in [0.2, 0.25) is 5.91 Å². The second kappa shape index (κ2) is 6.82. The topological polar surface area (TPSA) is 41.1 Å². The van der Waals surface area contributed by atoms with Crippen molar-refractivity contribution < 1.29 is 4.79 Å². The summed E-state index contributed by atoms with van der Waals surface area (Å²) in [4.78, 5) is 12.5. The lowest BCUT2D eigenvalue weighted by molar-refractivity contribution is -0.123. The number of nitrogens with one attached hydrogen (secondary N) is 2. The molecular formula is C16H20Cl2N2O. The van der Waals surface area contributed by atoms with Crippen molar-refractivity contribution in [1.82, 2.24) is 10.6 Å². The van der Waals surface area contributed by atoms with Crippen molar-refractivity contribution in [2.75, 3.05) is 19.6 Å². The highest BCUT2D eigenvalue weighted by Gasteiger charge is 2.51. The van der Waals surface area contributed by atoms with Crippen LogP contribution < -0.4 is 10.6 Å². The third kappa shape index (κ3) is 3.60. The predicted molar refractivity (Wildman–Crippen MR) is 88.2 cm³/mol. The van der Waals surface area contributed by atoms with Crippen molar-refractivity contribution in [2.45, 2.75) is 24.7 Å². The third-order valence-electron chi connectivity index (χ3n) is 4.20. The van der Waals surface area contributed by atoms with E-state index >= 15 is 0 Å². The second-order valence-electron chi connectivity index (χ2n) is 5.59. The van der Waals surface area contributed by atoms with Gasteiger partial charge < -0.3 is 10.6 Å². The lowest BCUT2D eigenvalue weighted by atomic mass is 9.95. The molecule has 5 heteroatoms. The number of halogens is 2. The van der Waals surface area contributed by atoms with E-state index in [1.165, 1.54) is 5.57 Å². The SMILES string of the molecule is Cl.O=C(NCC1=CCNCC1)C1(c2cccc(Cl)c2)CC1. The van der Waals surface area contributed by atoms with E-state index in [-0.39, 0.29) is 23.7 Å². The molecule has 0 spiro atoms. The fourth-order valence-corrected chi connectivity index (χ4v) is 2.94. The summed E-state index contributed by atoms with van der Waals surface area (Å²) in [7, 11) is 0. The van der Waals surface area contributed by atoms with Crippen LogP contribution in [-0.2, 0) is 10.2 Å². The van der Waals surface area contributed by atoms with Crippen molar-refractivity contribution in [3.8, 4) is 0 Å². The normalized spacial score (nSPS) is 19.2. The Morgan fingerprint density at radius 2 is 2.19 bits per heavy atom. The first kappa shape index (κ1) is 16.3. The molecule has 2 aliphatic rings. The Kier molecular flexibility index (Phi) is 5.31. The van der Waals surface area contributed by atoms with Crippen molar-refractivity contribution in [1.29, 1.82) is 0 Å². The maximum absolute atomic E-state index is 12.5. The van der Waals surface area contributed by atoms with E-state index in [0.29, 0.717) is 11.6 Å². The zero-order valence-electron chi connectivity index (χ0n) is 11.8. The van der Waals surface area contributed by atoms with Gasteiger partial charge in [0.15, 0.2) is 0 Å². The Bertz CT molecular complexity index is 553. The van der Waals surface area contributed by atoms with Crippen molar-refractivity contribution in [2.24, 2.45) is 0 Å². The molecule has 0 atom stereocenters. The first-order valence-electron chi connectivity index (χ1n) is 7.14. The van der Waals surface area contributed by atoms with Gasteiger partial charge in [0.1, 0.15) is 0 Å². The van der Waals surface area contributed by atoms with Gasteiger partial charge in [-0.2, -0.15) is 0 Å². The minimum atomic E-state index is -0.335. The Balaban J connectivity index is 0.00000161. The highest BCUT2D eigenvalue weighted by atomic mass is 35.5. The van der Waals surface area contributed by atoms with Crippen LogP contribution in [-0.4, -0.2) is 25.5 Å². The summed E-state index contributed by atoms with van der Waals surface area (Å²) >= 11 is 6.03. The molecule has 0 unspecified atom stereocenters. The van der Waals surface area contributed by atoms with Gasteiger partial charge in [-0.25, -0.2) is 0 Å². The summed E-state index contributed by atoms with van der Waals surface area (Å²) in [5.41, 5.74) is 2.03. The van der Waals surface area contributed by atoms with Crippen LogP contribution in [0.5, 0.6) is 0 Å². The van der Waals surface area contributed by atoms with E-state index in [0.717, 1.165) is 37.9 Å².